The normalized spacial score (nSPS) is 18.8. The summed E-state index contributed by atoms with van der Waals surface area (Å²) in [4.78, 5) is 18.2. The zero-order valence-electron chi connectivity index (χ0n) is 15.4. The summed E-state index contributed by atoms with van der Waals surface area (Å²) < 4.78 is 40.9. The van der Waals surface area contributed by atoms with Crippen LogP contribution in [0.4, 0.5) is 13.2 Å². The Morgan fingerprint density at radius 3 is 2.77 bits per heavy atom. The van der Waals surface area contributed by atoms with E-state index < -0.39 is 24.3 Å². The van der Waals surface area contributed by atoms with Crippen LogP contribution < -0.4 is 10.6 Å². The lowest BCUT2D eigenvalue weighted by molar-refractivity contribution is -0.164. The van der Waals surface area contributed by atoms with Crippen molar-refractivity contribution in [3.63, 3.8) is 0 Å². The Kier molecular flexibility index (Phi) is 5.26. The Labute approximate surface area is 175 Å². The summed E-state index contributed by atoms with van der Waals surface area (Å²) in [6.07, 6.45) is 3.62. The van der Waals surface area contributed by atoms with E-state index >= 15 is 0 Å². The van der Waals surface area contributed by atoms with Crippen molar-refractivity contribution in [1.29, 1.82) is 0 Å². The molecular weight excluding hydrogens is 417 g/mol. The molecule has 2 aliphatic heterocycles. The highest BCUT2D eigenvalue weighted by atomic mass is 35.5. The first-order chi connectivity index (χ1) is 14.3. The molecule has 0 saturated carbocycles. The number of alkyl halides is 3. The molecule has 1 amide bonds. The molecule has 3 heterocycles. The molecule has 0 radical (unpaired) electrons. The van der Waals surface area contributed by atoms with Crippen molar-refractivity contribution in [2.75, 3.05) is 0 Å². The Hall–Kier alpha value is -3.26. The van der Waals surface area contributed by atoms with Gasteiger partial charge in [0.25, 0.3) is 5.91 Å². The fourth-order valence-electron chi connectivity index (χ4n) is 3.36. The SMILES string of the molecule is O=C(NC(c1cccnc1)C(F)(F)F)C1NC(c2cccc(Cl)c2)=C2C=CC=CN21. The standard InChI is InChI=1S/C21H16ClF3N4O/c22-15-7-3-5-13(11-15)17-16-8-1-2-10-29(16)19(27-17)20(30)28-18(21(23,24)25)14-6-4-9-26-12-14/h1-12,18-19,27H,(H,28,30). The van der Waals surface area contributed by atoms with Crippen molar-refractivity contribution in [3.05, 3.63) is 95.1 Å². The second-order valence-electron chi connectivity index (χ2n) is 6.69. The minimum atomic E-state index is -4.68. The highest BCUT2D eigenvalue weighted by Crippen LogP contribution is 2.35. The maximum Gasteiger partial charge on any atom is 0.412 e. The molecule has 154 valence electrons. The number of benzene rings is 1. The van der Waals surface area contributed by atoms with Crippen LogP contribution in [0.5, 0.6) is 0 Å². The van der Waals surface area contributed by atoms with Crippen molar-refractivity contribution in [2.24, 2.45) is 0 Å². The van der Waals surface area contributed by atoms with Gasteiger partial charge in [0.1, 0.15) is 0 Å². The van der Waals surface area contributed by atoms with E-state index in [1.807, 2.05) is 0 Å². The second kappa shape index (κ2) is 7.87. The number of nitrogens with zero attached hydrogens (tertiary/aromatic N) is 2. The fourth-order valence-corrected chi connectivity index (χ4v) is 3.55. The number of rotatable bonds is 4. The van der Waals surface area contributed by atoms with Gasteiger partial charge in [0.05, 0.1) is 11.4 Å². The third-order valence-corrected chi connectivity index (χ3v) is 4.93. The van der Waals surface area contributed by atoms with Crippen LogP contribution >= 0.6 is 11.6 Å². The number of hydrogen-bond acceptors (Lipinski definition) is 4. The van der Waals surface area contributed by atoms with Crippen molar-refractivity contribution in [1.82, 2.24) is 20.5 Å². The number of halogens is 4. The number of pyridine rings is 1. The van der Waals surface area contributed by atoms with Gasteiger partial charge in [-0.15, -0.1) is 0 Å². The largest absolute Gasteiger partial charge is 0.412 e. The summed E-state index contributed by atoms with van der Waals surface area (Å²) in [5, 5.41) is 5.65. The van der Waals surface area contributed by atoms with Crippen LogP contribution in [0.3, 0.4) is 0 Å². The van der Waals surface area contributed by atoms with Crippen LogP contribution in [0, 0.1) is 0 Å². The van der Waals surface area contributed by atoms with Gasteiger partial charge >= 0.3 is 6.18 Å². The van der Waals surface area contributed by atoms with Crippen molar-refractivity contribution < 1.29 is 18.0 Å². The quantitative estimate of drug-likeness (QED) is 0.762. The van der Waals surface area contributed by atoms with E-state index in [9.17, 15) is 18.0 Å². The molecule has 2 N–H and O–H groups in total. The van der Waals surface area contributed by atoms with E-state index in [4.69, 9.17) is 11.6 Å². The molecular formula is C21H16ClF3N4O. The molecule has 4 rings (SSSR count). The van der Waals surface area contributed by atoms with Gasteiger partial charge in [-0.1, -0.05) is 35.9 Å². The molecule has 0 saturated heterocycles. The number of hydrogen-bond donors (Lipinski definition) is 2. The van der Waals surface area contributed by atoms with E-state index in [0.29, 0.717) is 16.4 Å². The van der Waals surface area contributed by atoms with Gasteiger partial charge < -0.3 is 15.5 Å². The average Bonchev–Trinajstić information content (AvgIpc) is 3.11. The van der Waals surface area contributed by atoms with Crippen LogP contribution in [0.15, 0.2) is 78.9 Å². The minimum Gasteiger partial charge on any atom is -0.355 e. The highest BCUT2D eigenvalue weighted by Gasteiger charge is 2.44. The van der Waals surface area contributed by atoms with Crippen molar-refractivity contribution in [2.45, 2.75) is 18.4 Å². The number of aromatic nitrogens is 1. The molecule has 0 fully saturated rings. The van der Waals surface area contributed by atoms with Gasteiger partial charge in [0, 0.05) is 34.7 Å². The molecule has 30 heavy (non-hydrogen) atoms. The molecule has 5 nitrogen and oxygen atoms in total. The Morgan fingerprint density at radius 1 is 1.23 bits per heavy atom. The maximum absolute atomic E-state index is 13.6. The molecule has 1 aromatic heterocycles. The summed E-state index contributed by atoms with van der Waals surface area (Å²) in [5.74, 6) is -0.823. The number of amides is 1. The lowest BCUT2D eigenvalue weighted by Crippen LogP contribution is -2.51. The number of nitrogens with one attached hydrogen (secondary N) is 2. The molecule has 2 aromatic rings. The molecule has 9 heteroatoms. The molecule has 2 aliphatic rings. The lowest BCUT2D eigenvalue weighted by atomic mass is 10.1. The summed E-state index contributed by atoms with van der Waals surface area (Å²) >= 11 is 6.08. The number of carbonyl (C=O) groups is 1. The highest BCUT2D eigenvalue weighted by molar-refractivity contribution is 6.30. The van der Waals surface area contributed by atoms with Gasteiger partial charge in [-0.3, -0.25) is 9.78 Å². The first-order valence-electron chi connectivity index (χ1n) is 9.01. The summed E-state index contributed by atoms with van der Waals surface area (Å²) in [5.41, 5.74) is 1.83. The maximum atomic E-state index is 13.6. The summed E-state index contributed by atoms with van der Waals surface area (Å²) in [6, 6.07) is 7.49. The van der Waals surface area contributed by atoms with E-state index in [2.05, 4.69) is 15.6 Å². The van der Waals surface area contributed by atoms with Gasteiger partial charge in [0.15, 0.2) is 12.2 Å². The molecule has 1 aromatic carbocycles. The minimum absolute atomic E-state index is 0.145. The van der Waals surface area contributed by atoms with Gasteiger partial charge in [-0.05, 0) is 30.4 Å². The average molecular weight is 433 g/mol. The van der Waals surface area contributed by atoms with E-state index in [1.165, 1.54) is 18.3 Å². The van der Waals surface area contributed by atoms with Crippen molar-refractivity contribution >= 4 is 23.2 Å². The first kappa shape index (κ1) is 20.0. The van der Waals surface area contributed by atoms with Gasteiger partial charge in [-0.25, -0.2) is 0 Å². The Bertz CT molecular complexity index is 1050. The van der Waals surface area contributed by atoms with Crippen LogP contribution in [0.2, 0.25) is 5.02 Å². The van der Waals surface area contributed by atoms with Crippen LogP contribution in [0.25, 0.3) is 5.70 Å². The predicted molar refractivity (Wildman–Crippen MR) is 107 cm³/mol. The molecule has 0 bridgehead atoms. The van der Waals surface area contributed by atoms with E-state index in [-0.39, 0.29) is 5.56 Å². The monoisotopic (exact) mass is 432 g/mol. The zero-order chi connectivity index (χ0) is 21.3. The van der Waals surface area contributed by atoms with Crippen LogP contribution in [0.1, 0.15) is 17.2 Å². The third kappa shape index (κ3) is 3.91. The van der Waals surface area contributed by atoms with Gasteiger partial charge in [0.2, 0.25) is 0 Å². The van der Waals surface area contributed by atoms with Crippen LogP contribution in [-0.2, 0) is 4.79 Å². The fraction of sp³-hybridized carbons (Fsp3) is 0.143. The number of fused-ring (bicyclic) bond motifs is 1. The Morgan fingerprint density at radius 2 is 2.07 bits per heavy atom. The smallest absolute Gasteiger partial charge is 0.355 e. The van der Waals surface area contributed by atoms with E-state index in [1.54, 1.807) is 53.6 Å². The van der Waals surface area contributed by atoms with Gasteiger partial charge in [-0.2, -0.15) is 13.2 Å². The second-order valence-corrected chi connectivity index (χ2v) is 7.13. The lowest BCUT2D eigenvalue weighted by Gasteiger charge is -2.28. The molecule has 2 atom stereocenters. The summed E-state index contributed by atoms with van der Waals surface area (Å²) in [6.45, 7) is 0. The molecule has 0 spiro atoms. The first-order valence-corrected chi connectivity index (χ1v) is 9.39. The van der Waals surface area contributed by atoms with Crippen LogP contribution in [-0.4, -0.2) is 28.1 Å². The number of allylic oxidation sites excluding steroid dienone is 3. The molecule has 2 unspecified atom stereocenters. The predicted octanol–water partition coefficient (Wildman–Crippen LogP) is 4.14. The number of carbonyl (C=O) groups excluding carboxylic acids is 1. The topological polar surface area (TPSA) is 57.3 Å². The van der Waals surface area contributed by atoms with E-state index in [0.717, 1.165) is 11.8 Å². The summed E-state index contributed by atoms with van der Waals surface area (Å²) in [7, 11) is 0. The van der Waals surface area contributed by atoms with Crippen molar-refractivity contribution in [3.8, 4) is 0 Å². The Balaban J connectivity index is 1.62. The third-order valence-electron chi connectivity index (χ3n) is 4.70. The zero-order valence-corrected chi connectivity index (χ0v) is 16.2. The molecule has 0 aliphatic carbocycles.